The standard InChI is InChI=1S/C19H24N6O3/c1-4-19(2,3)18-21-17(28-23-18)15-12-9-11-5-6-13(27-11)16(12)25(22-15)14-10-24(26)8-7-20-14/h7-8,10-13,16H,4-6,9H2,1-3H3. The third kappa shape index (κ3) is 2.68. The van der Waals surface area contributed by atoms with E-state index in [1.165, 1.54) is 18.6 Å². The van der Waals surface area contributed by atoms with Crippen LogP contribution in [0.25, 0.3) is 0 Å². The van der Waals surface area contributed by atoms with Gasteiger partial charge in [0.2, 0.25) is 12.0 Å². The Morgan fingerprint density at radius 2 is 2.21 bits per heavy atom. The lowest BCUT2D eigenvalue weighted by Gasteiger charge is -2.35. The summed E-state index contributed by atoms with van der Waals surface area (Å²) in [6.07, 6.45) is 8.36. The van der Waals surface area contributed by atoms with E-state index in [4.69, 9.17) is 14.4 Å². The first-order chi connectivity index (χ1) is 13.5. The summed E-state index contributed by atoms with van der Waals surface area (Å²) in [6.45, 7) is 6.31. The van der Waals surface area contributed by atoms with Gasteiger partial charge in [0.25, 0.3) is 5.89 Å². The molecule has 0 radical (unpaired) electrons. The Morgan fingerprint density at radius 3 is 3.00 bits per heavy atom. The molecule has 2 aromatic heterocycles. The lowest BCUT2D eigenvalue weighted by Crippen LogP contribution is -2.48. The van der Waals surface area contributed by atoms with Crippen LogP contribution in [0.15, 0.2) is 28.2 Å². The molecule has 9 heteroatoms. The second-order valence-electron chi connectivity index (χ2n) is 8.47. The van der Waals surface area contributed by atoms with E-state index in [0.717, 1.165) is 36.1 Å². The molecule has 5 rings (SSSR count). The number of aromatic nitrogens is 4. The van der Waals surface area contributed by atoms with E-state index in [1.54, 1.807) is 0 Å². The van der Waals surface area contributed by atoms with Crippen molar-refractivity contribution in [2.45, 2.75) is 70.1 Å². The van der Waals surface area contributed by atoms with Crippen molar-refractivity contribution in [3.63, 3.8) is 0 Å². The molecule has 0 N–H and O–H groups in total. The maximum atomic E-state index is 11.8. The molecule has 0 spiro atoms. The van der Waals surface area contributed by atoms with Crippen molar-refractivity contribution in [3.8, 4) is 0 Å². The van der Waals surface area contributed by atoms with E-state index in [9.17, 15) is 5.21 Å². The molecule has 2 fully saturated rings. The fourth-order valence-electron chi connectivity index (χ4n) is 4.35. The second kappa shape index (κ2) is 6.23. The molecule has 0 amide bonds. The molecule has 2 aromatic rings. The van der Waals surface area contributed by atoms with Crippen molar-refractivity contribution in [2.24, 2.45) is 11.0 Å². The van der Waals surface area contributed by atoms with Crippen molar-refractivity contribution >= 4 is 11.5 Å². The minimum absolute atomic E-state index is 0.0156. The number of hydrazone groups is 1. The van der Waals surface area contributed by atoms with Gasteiger partial charge in [-0.15, -0.1) is 0 Å². The maximum Gasteiger partial charge on any atom is 0.274 e. The first-order valence-corrected chi connectivity index (χ1v) is 9.89. The molecule has 4 atom stereocenters. The average Bonchev–Trinajstić information content (AvgIpc) is 3.39. The highest BCUT2D eigenvalue weighted by Crippen LogP contribution is 2.44. The summed E-state index contributed by atoms with van der Waals surface area (Å²) in [5.41, 5.74) is 0.614. The fraction of sp³-hybridized carbons (Fsp3) is 0.632. The van der Waals surface area contributed by atoms with Crippen LogP contribution in [0.4, 0.5) is 5.82 Å². The molecular formula is C19H24N6O3. The van der Waals surface area contributed by atoms with Crippen LogP contribution in [0.1, 0.15) is 58.2 Å². The number of ether oxygens (including phenoxy) is 1. The van der Waals surface area contributed by atoms with E-state index in [-0.39, 0.29) is 29.6 Å². The normalized spacial score (nSPS) is 29.1. The third-order valence-corrected chi connectivity index (χ3v) is 6.33. The predicted molar refractivity (Wildman–Crippen MR) is 99.6 cm³/mol. The molecule has 2 saturated heterocycles. The second-order valence-corrected chi connectivity index (χ2v) is 8.47. The molecule has 3 aliphatic heterocycles. The first kappa shape index (κ1) is 17.5. The quantitative estimate of drug-likeness (QED) is 0.586. The van der Waals surface area contributed by atoms with Gasteiger partial charge in [-0.3, -0.25) is 0 Å². The molecule has 0 saturated carbocycles. The fourth-order valence-corrected chi connectivity index (χ4v) is 4.35. The van der Waals surface area contributed by atoms with Gasteiger partial charge in [-0.25, -0.2) is 9.99 Å². The first-order valence-electron chi connectivity index (χ1n) is 9.89. The van der Waals surface area contributed by atoms with Crippen LogP contribution >= 0.6 is 0 Å². The van der Waals surface area contributed by atoms with E-state index >= 15 is 0 Å². The van der Waals surface area contributed by atoms with Gasteiger partial charge < -0.3 is 14.5 Å². The summed E-state index contributed by atoms with van der Waals surface area (Å²) >= 11 is 0. The Morgan fingerprint density at radius 1 is 1.36 bits per heavy atom. The van der Waals surface area contributed by atoms with Gasteiger partial charge in [0.1, 0.15) is 5.71 Å². The van der Waals surface area contributed by atoms with Gasteiger partial charge in [-0.2, -0.15) is 14.8 Å². The highest BCUT2D eigenvalue weighted by Gasteiger charge is 2.53. The summed E-state index contributed by atoms with van der Waals surface area (Å²) in [7, 11) is 0. The molecule has 4 unspecified atom stereocenters. The van der Waals surface area contributed by atoms with Gasteiger partial charge in [0, 0.05) is 11.3 Å². The molecule has 3 aliphatic rings. The van der Waals surface area contributed by atoms with Gasteiger partial charge in [0.05, 0.1) is 24.4 Å². The number of rotatable bonds is 4. The summed E-state index contributed by atoms with van der Waals surface area (Å²) in [6, 6.07) is -0.0156. The summed E-state index contributed by atoms with van der Waals surface area (Å²) < 4.78 is 12.5. The zero-order valence-corrected chi connectivity index (χ0v) is 16.3. The molecule has 5 heterocycles. The number of anilines is 1. The van der Waals surface area contributed by atoms with Crippen LogP contribution in [0, 0.1) is 11.1 Å². The van der Waals surface area contributed by atoms with Gasteiger partial charge in [-0.05, 0) is 25.7 Å². The molecule has 148 valence electrons. The van der Waals surface area contributed by atoms with E-state index in [0.29, 0.717) is 17.5 Å². The zero-order valence-electron chi connectivity index (χ0n) is 16.3. The summed E-state index contributed by atoms with van der Waals surface area (Å²) in [5.74, 6) is 1.77. The highest BCUT2D eigenvalue weighted by molar-refractivity contribution is 6.01. The Kier molecular flexibility index (Phi) is 3.90. The number of nitrogens with zero attached hydrogens (tertiary/aromatic N) is 6. The van der Waals surface area contributed by atoms with Gasteiger partial charge in [0.15, 0.2) is 12.0 Å². The molecule has 28 heavy (non-hydrogen) atoms. The Bertz CT molecular complexity index is 926. The number of fused-ring (bicyclic) bond motifs is 4. The average molecular weight is 384 g/mol. The Labute approximate surface area is 163 Å². The molecular weight excluding hydrogens is 360 g/mol. The molecule has 0 aliphatic carbocycles. The lowest BCUT2D eigenvalue weighted by atomic mass is 9.86. The zero-order chi connectivity index (χ0) is 19.5. The van der Waals surface area contributed by atoms with Crippen LogP contribution in [-0.2, 0) is 10.2 Å². The molecule has 0 aromatic carbocycles. The number of hydrogen-bond acceptors (Lipinski definition) is 8. The van der Waals surface area contributed by atoms with Crippen molar-refractivity contribution in [3.05, 3.63) is 35.5 Å². The Hall–Kier alpha value is -2.55. The van der Waals surface area contributed by atoms with Crippen molar-refractivity contribution < 1.29 is 14.0 Å². The topological polar surface area (TPSA) is 104 Å². The van der Waals surface area contributed by atoms with Crippen molar-refractivity contribution in [2.75, 3.05) is 5.01 Å². The van der Waals surface area contributed by atoms with Crippen molar-refractivity contribution in [1.82, 2.24) is 15.1 Å². The SMILES string of the molecule is CCC(C)(C)c1noc(C2=NN(c3c[n+]([O-])ccn3)C3C4CCC(CC23)O4)n1. The van der Waals surface area contributed by atoms with Crippen LogP contribution < -0.4 is 9.74 Å². The van der Waals surface area contributed by atoms with E-state index in [1.807, 2.05) is 5.01 Å². The minimum atomic E-state index is -0.163. The smallest absolute Gasteiger partial charge is 0.274 e. The van der Waals surface area contributed by atoms with Crippen LogP contribution in [0.2, 0.25) is 0 Å². The molecule has 9 nitrogen and oxygen atoms in total. The number of hydrogen-bond donors (Lipinski definition) is 0. The molecule has 2 bridgehead atoms. The monoisotopic (exact) mass is 384 g/mol. The summed E-state index contributed by atoms with van der Waals surface area (Å²) in [5, 5.41) is 22.6. The third-order valence-electron chi connectivity index (χ3n) is 6.33. The van der Waals surface area contributed by atoms with Crippen molar-refractivity contribution in [1.29, 1.82) is 0 Å². The van der Waals surface area contributed by atoms with E-state index in [2.05, 4.69) is 35.9 Å². The largest absolute Gasteiger partial charge is 0.619 e. The van der Waals surface area contributed by atoms with Crippen LogP contribution in [0.5, 0.6) is 0 Å². The maximum absolute atomic E-state index is 11.8. The van der Waals surface area contributed by atoms with Crippen LogP contribution in [-0.4, -0.2) is 39.1 Å². The Balaban J connectivity index is 1.56. The van der Waals surface area contributed by atoms with E-state index < -0.39 is 0 Å². The van der Waals surface area contributed by atoms with Crippen LogP contribution in [0.3, 0.4) is 0 Å². The summed E-state index contributed by atoms with van der Waals surface area (Å²) in [4.78, 5) is 9.04. The lowest BCUT2D eigenvalue weighted by molar-refractivity contribution is -0.605. The van der Waals surface area contributed by atoms with Gasteiger partial charge >= 0.3 is 0 Å². The minimum Gasteiger partial charge on any atom is -0.619 e. The highest BCUT2D eigenvalue weighted by atomic mass is 16.5. The predicted octanol–water partition coefficient (Wildman–Crippen LogP) is 1.95. The van der Waals surface area contributed by atoms with Gasteiger partial charge in [-0.1, -0.05) is 25.9 Å².